The highest BCUT2D eigenvalue weighted by Gasteiger charge is 2.26. The smallest absolute Gasteiger partial charge is 0.240 e. The first-order valence-electron chi connectivity index (χ1n) is 10.00. The molecule has 1 fully saturated rings. The summed E-state index contributed by atoms with van der Waals surface area (Å²) in [5.74, 6) is 0.764. The molecule has 1 unspecified atom stereocenters. The topological polar surface area (TPSA) is 61.9 Å². The molecule has 2 heterocycles. The molecule has 1 atom stereocenters. The lowest BCUT2D eigenvalue weighted by atomic mass is 10.1. The monoisotopic (exact) mass is 437 g/mol. The standard InChI is InChI=1S/C21H31N3O3S2/c1-5-27-21-16(2)12-19(13-17(21)3)29(25,26)22-14-20(18-6-11-28-15-18)24-9-7-23(4)8-10-24/h6,11-13,15,20,22H,5,7-10,14H2,1-4H3. The Morgan fingerprint density at radius 2 is 1.83 bits per heavy atom. The van der Waals surface area contributed by atoms with E-state index in [1.54, 1.807) is 23.5 Å². The van der Waals surface area contributed by atoms with Crippen molar-refractivity contribution in [2.24, 2.45) is 0 Å². The van der Waals surface area contributed by atoms with Crippen LogP contribution in [0.25, 0.3) is 0 Å². The quantitative estimate of drug-likeness (QED) is 0.688. The average Bonchev–Trinajstić information content (AvgIpc) is 3.20. The highest BCUT2D eigenvalue weighted by atomic mass is 32.2. The molecule has 1 aliphatic rings. The normalized spacial score (nSPS) is 17.4. The van der Waals surface area contributed by atoms with E-state index >= 15 is 0 Å². The van der Waals surface area contributed by atoms with Gasteiger partial charge in [-0.1, -0.05) is 0 Å². The maximum absolute atomic E-state index is 13.0. The van der Waals surface area contributed by atoms with Gasteiger partial charge in [-0.15, -0.1) is 0 Å². The fourth-order valence-electron chi connectivity index (χ4n) is 3.77. The van der Waals surface area contributed by atoms with Crippen LogP contribution in [0, 0.1) is 13.8 Å². The van der Waals surface area contributed by atoms with E-state index in [0.29, 0.717) is 18.0 Å². The molecule has 0 bridgehead atoms. The second-order valence-electron chi connectivity index (χ2n) is 7.58. The van der Waals surface area contributed by atoms with E-state index in [1.165, 1.54) is 5.56 Å². The van der Waals surface area contributed by atoms with Crippen LogP contribution in [0.4, 0.5) is 0 Å². The molecule has 29 heavy (non-hydrogen) atoms. The van der Waals surface area contributed by atoms with Gasteiger partial charge in [0.2, 0.25) is 10.0 Å². The number of hydrogen-bond acceptors (Lipinski definition) is 6. The number of hydrogen-bond donors (Lipinski definition) is 1. The summed E-state index contributed by atoms with van der Waals surface area (Å²) in [6.07, 6.45) is 0. The summed E-state index contributed by atoms with van der Waals surface area (Å²) in [7, 11) is -1.49. The van der Waals surface area contributed by atoms with E-state index in [0.717, 1.165) is 43.1 Å². The molecular weight excluding hydrogens is 406 g/mol. The van der Waals surface area contributed by atoms with Crippen LogP contribution in [0.5, 0.6) is 5.75 Å². The average molecular weight is 438 g/mol. The van der Waals surface area contributed by atoms with Crippen LogP contribution in [0.2, 0.25) is 0 Å². The Morgan fingerprint density at radius 1 is 1.17 bits per heavy atom. The molecule has 3 rings (SSSR count). The molecule has 0 spiro atoms. The second kappa shape index (κ2) is 9.57. The van der Waals surface area contributed by atoms with E-state index < -0.39 is 10.0 Å². The van der Waals surface area contributed by atoms with Crippen LogP contribution in [0.3, 0.4) is 0 Å². The van der Waals surface area contributed by atoms with Crippen molar-refractivity contribution in [2.75, 3.05) is 46.4 Å². The number of nitrogens with one attached hydrogen (secondary N) is 1. The summed E-state index contributed by atoms with van der Waals surface area (Å²) in [6.45, 7) is 10.4. The number of benzene rings is 1. The Hall–Kier alpha value is -1.45. The van der Waals surface area contributed by atoms with Gasteiger partial charge in [-0.25, -0.2) is 13.1 Å². The maximum Gasteiger partial charge on any atom is 0.240 e. The lowest BCUT2D eigenvalue weighted by molar-refractivity contribution is 0.113. The zero-order valence-electron chi connectivity index (χ0n) is 17.6. The molecule has 6 nitrogen and oxygen atoms in total. The van der Waals surface area contributed by atoms with E-state index in [2.05, 4.69) is 33.0 Å². The van der Waals surface area contributed by atoms with Crippen LogP contribution >= 0.6 is 11.3 Å². The fraction of sp³-hybridized carbons (Fsp3) is 0.524. The Kier molecular flexibility index (Phi) is 7.34. The summed E-state index contributed by atoms with van der Waals surface area (Å²) >= 11 is 1.64. The number of nitrogens with zero attached hydrogens (tertiary/aromatic N) is 2. The third-order valence-electron chi connectivity index (χ3n) is 5.41. The van der Waals surface area contributed by atoms with Crippen molar-refractivity contribution in [3.8, 4) is 5.75 Å². The largest absolute Gasteiger partial charge is 0.493 e. The van der Waals surface area contributed by atoms with Gasteiger partial charge in [-0.3, -0.25) is 4.90 Å². The molecule has 1 aliphatic heterocycles. The maximum atomic E-state index is 13.0. The number of likely N-dealkylation sites (N-methyl/N-ethyl adjacent to an activating group) is 1. The summed E-state index contributed by atoms with van der Waals surface area (Å²) in [5.41, 5.74) is 2.84. The van der Waals surface area contributed by atoms with Crippen LogP contribution in [0.15, 0.2) is 33.9 Å². The molecule has 8 heteroatoms. The zero-order chi connectivity index (χ0) is 21.0. The Labute approximate surface area is 178 Å². The lowest BCUT2D eigenvalue weighted by Crippen LogP contribution is -2.48. The van der Waals surface area contributed by atoms with Gasteiger partial charge < -0.3 is 9.64 Å². The van der Waals surface area contributed by atoms with Gasteiger partial charge in [0, 0.05) is 38.8 Å². The lowest BCUT2D eigenvalue weighted by Gasteiger charge is -2.38. The Bertz CT molecular complexity index is 882. The number of aryl methyl sites for hydroxylation is 2. The predicted octanol–water partition coefficient (Wildman–Crippen LogP) is 3.03. The van der Waals surface area contributed by atoms with Crippen LogP contribution < -0.4 is 9.46 Å². The number of ether oxygens (including phenoxy) is 1. The number of thiophene rings is 1. The van der Waals surface area contributed by atoms with E-state index in [4.69, 9.17) is 4.74 Å². The molecule has 1 saturated heterocycles. The van der Waals surface area contributed by atoms with Gasteiger partial charge in [-0.2, -0.15) is 11.3 Å². The minimum Gasteiger partial charge on any atom is -0.493 e. The van der Waals surface area contributed by atoms with Gasteiger partial charge in [0.1, 0.15) is 5.75 Å². The molecule has 1 aromatic heterocycles. The molecule has 1 N–H and O–H groups in total. The first kappa shape index (κ1) is 22.2. The van der Waals surface area contributed by atoms with Crippen LogP contribution in [-0.4, -0.2) is 64.6 Å². The van der Waals surface area contributed by atoms with Crippen molar-refractivity contribution in [3.05, 3.63) is 45.6 Å². The van der Waals surface area contributed by atoms with E-state index in [9.17, 15) is 8.42 Å². The molecule has 0 aliphatic carbocycles. The van der Waals surface area contributed by atoms with Gasteiger partial charge in [0.05, 0.1) is 11.5 Å². The van der Waals surface area contributed by atoms with Gasteiger partial charge in [0.15, 0.2) is 0 Å². The highest BCUT2D eigenvalue weighted by Crippen LogP contribution is 2.28. The van der Waals surface area contributed by atoms with Crippen LogP contribution in [0.1, 0.15) is 29.7 Å². The Balaban J connectivity index is 1.78. The molecule has 0 radical (unpaired) electrons. The molecule has 0 saturated carbocycles. The first-order chi connectivity index (χ1) is 13.8. The zero-order valence-corrected chi connectivity index (χ0v) is 19.3. The number of rotatable bonds is 8. The minimum absolute atomic E-state index is 0.0367. The van der Waals surface area contributed by atoms with Gasteiger partial charge in [-0.05, 0) is 73.5 Å². The van der Waals surface area contributed by atoms with Crippen molar-refractivity contribution in [2.45, 2.75) is 31.7 Å². The highest BCUT2D eigenvalue weighted by molar-refractivity contribution is 7.89. The SMILES string of the molecule is CCOc1c(C)cc(S(=O)(=O)NCC(c2ccsc2)N2CCN(C)CC2)cc1C. The van der Waals surface area contributed by atoms with Crippen molar-refractivity contribution in [1.29, 1.82) is 0 Å². The molecule has 1 aromatic carbocycles. The summed E-state index contributed by atoms with van der Waals surface area (Å²) in [5, 5.41) is 4.16. The van der Waals surface area contributed by atoms with Crippen molar-refractivity contribution in [1.82, 2.24) is 14.5 Å². The van der Waals surface area contributed by atoms with Gasteiger partial charge in [0.25, 0.3) is 0 Å². The minimum atomic E-state index is -3.61. The summed E-state index contributed by atoms with van der Waals surface area (Å²) < 4.78 is 34.6. The van der Waals surface area contributed by atoms with Crippen molar-refractivity contribution in [3.63, 3.8) is 0 Å². The van der Waals surface area contributed by atoms with E-state index in [1.807, 2.05) is 26.2 Å². The molecule has 2 aromatic rings. The third kappa shape index (κ3) is 5.38. The van der Waals surface area contributed by atoms with Crippen LogP contribution in [-0.2, 0) is 10.0 Å². The van der Waals surface area contributed by atoms with Crippen molar-refractivity contribution >= 4 is 21.4 Å². The summed E-state index contributed by atoms with van der Waals surface area (Å²) in [6, 6.07) is 5.51. The molecule has 160 valence electrons. The van der Waals surface area contributed by atoms with E-state index in [-0.39, 0.29) is 6.04 Å². The third-order valence-corrected chi connectivity index (χ3v) is 7.51. The molecular formula is C21H31N3O3S2. The fourth-order valence-corrected chi connectivity index (χ4v) is 5.68. The second-order valence-corrected chi connectivity index (χ2v) is 10.1. The predicted molar refractivity (Wildman–Crippen MR) is 118 cm³/mol. The number of piperazine rings is 1. The Morgan fingerprint density at radius 3 is 2.38 bits per heavy atom. The molecule has 0 amide bonds. The first-order valence-corrected chi connectivity index (χ1v) is 12.4. The number of sulfonamides is 1. The summed E-state index contributed by atoms with van der Waals surface area (Å²) in [4.78, 5) is 4.97. The van der Waals surface area contributed by atoms with Gasteiger partial charge >= 0.3 is 0 Å². The van der Waals surface area contributed by atoms with Crippen molar-refractivity contribution < 1.29 is 13.2 Å².